The molecule has 1 atom stereocenters. The third kappa shape index (κ3) is 2.42. The molecular formula is C14H24N4. The van der Waals surface area contributed by atoms with Gasteiger partial charge in [0.2, 0.25) is 0 Å². The molecule has 1 N–H and O–H groups in total. The maximum Gasteiger partial charge on any atom is 0.137 e. The van der Waals surface area contributed by atoms with Crippen LogP contribution in [0.5, 0.6) is 0 Å². The van der Waals surface area contributed by atoms with Crippen LogP contribution in [-0.4, -0.2) is 29.6 Å². The second-order valence-electron chi connectivity index (χ2n) is 5.12. The van der Waals surface area contributed by atoms with E-state index in [1.807, 2.05) is 7.05 Å². The van der Waals surface area contributed by atoms with Gasteiger partial charge in [0.25, 0.3) is 0 Å². The molecule has 1 aliphatic rings. The molecule has 0 amide bonds. The Morgan fingerprint density at radius 2 is 2.17 bits per heavy atom. The third-order valence-corrected chi connectivity index (χ3v) is 3.70. The molecule has 4 nitrogen and oxygen atoms in total. The molecule has 1 fully saturated rings. The first-order valence-corrected chi connectivity index (χ1v) is 6.99. The van der Waals surface area contributed by atoms with E-state index >= 15 is 0 Å². The zero-order valence-corrected chi connectivity index (χ0v) is 12.0. The monoisotopic (exact) mass is 248 g/mol. The van der Waals surface area contributed by atoms with Crippen LogP contribution >= 0.6 is 0 Å². The maximum atomic E-state index is 4.78. The lowest BCUT2D eigenvalue weighted by atomic mass is 10.2. The summed E-state index contributed by atoms with van der Waals surface area (Å²) in [4.78, 5) is 11.8. The van der Waals surface area contributed by atoms with E-state index in [0.29, 0.717) is 6.04 Å². The van der Waals surface area contributed by atoms with Gasteiger partial charge in [-0.1, -0.05) is 6.92 Å². The fraction of sp³-hybridized carbons (Fsp3) is 0.714. The van der Waals surface area contributed by atoms with Gasteiger partial charge in [-0.05, 0) is 33.1 Å². The van der Waals surface area contributed by atoms with Gasteiger partial charge in [-0.25, -0.2) is 9.97 Å². The molecule has 1 saturated heterocycles. The molecular weight excluding hydrogens is 224 g/mol. The summed E-state index contributed by atoms with van der Waals surface area (Å²) in [6.07, 6.45) is 4.56. The average molecular weight is 248 g/mol. The minimum atomic E-state index is 0.595. The smallest absolute Gasteiger partial charge is 0.137 e. The topological polar surface area (TPSA) is 41.1 Å². The summed E-state index contributed by atoms with van der Waals surface area (Å²) in [6, 6.07) is 0.595. The first-order valence-electron chi connectivity index (χ1n) is 6.99. The molecule has 2 rings (SSSR count). The predicted molar refractivity (Wildman–Crippen MR) is 76.4 cm³/mol. The Kier molecular flexibility index (Phi) is 4.04. The van der Waals surface area contributed by atoms with E-state index in [1.165, 1.54) is 18.4 Å². The van der Waals surface area contributed by atoms with Crippen LogP contribution in [0.1, 0.15) is 44.5 Å². The average Bonchev–Trinajstić information content (AvgIpc) is 2.78. The van der Waals surface area contributed by atoms with Gasteiger partial charge in [0.15, 0.2) is 0 Å². The lowest BCUT2D eigenvalue weighted by Gasteiger charge is -2.25. The van der Waals surface area contributed by atoms with Crippen molar-refractivity contribution in [2.24, 2.45) is 0 Å². The summed E-state index contributed by atoms with van der Waals surface area (Å²) < 4.78 is 0. The van der Waals surface area contributed by atoms with Gasteiger partial charge in [-0.2, -0.15) is 0 Å². The van der Waals surface area contributed by atoms with E-state index < -0.39 is 0 Å². The van der Waals surface area contributed by atoms with Gasteiger partial charge in [0.05, 0.1) is 0 Å². The molecule has 1 aliphatic heterocycles. The number of hydrogen-bond donors (Lipinski definition) is 1. The van der Waals surface area contributed by atoms with E-state index in [1.54, 1.807) is 0 Å². The molecule has 0 spiro atoms. The van der Waals surface area contributed by atoms with Crippen molar-refractivity contribution in [1.82, 2.24) is 9.97 Å². The van der Waals surface area contributed by atoms with Gasteiger partial charge < -0.3 is 10.2 Å². The van der Waals surface area contributed by atoms with Crippen molar-refractivity contribution in [1.29, 1.82) is 0 Å². The fourth-order valence-electron chi connectivity index (χ4n) is 2.66. The quantitative estimate of drug-likeness (QED) is 0.889. The first kappa shape index (κ1) is 13.1. The van der Waals surface area contributed by atoms with Gasteiger partial charge in [-0.3, -0.25) is 0 Å². The van der Waals surface area contributed by atoms with Crippen LogP contribution in [0, 0.1) is 6.92 Å². The predicted octanol–water partition coefficient (Wildman–Crippen LogP) is 2.77. The zero-order chi connectivity index (χ0) is 13.1. The van der Waals surface area contributed by atoms with Gasteiger partial charge in [0.1, 0.15) is 17.5 Å². The van der Waals surface area contributed by atoms with Crippen LogP contribution in [0.2, 0.25) is 0 Å². The van der Waals surface area contributed by atoms with Crippen molar-refractivity contribution in [3.05, 3.63) is 11.4 Å². The van der Waals surface area contributed by atoms with Crippen LogP contribution in [0.15, 0.2) is 0 Å². The van der Waals surface area contributed by atoms with Crippen LogP contribution in [0.3, 0.4) is 0 Å². The summed E-state index contributed by atoms with van der Waals surface area (Å²) >= 11 is 0. The van der Waals surface area contributed by atoms with Crippen LogP contribution in [0.4, 0.5) is 11.6 Å². The van der Waals surface area contributed by atoms with Crippen molar-refractivity contribution in [3.63, 3.8) is 0 Å². The van der Waals surface area contributed by atoms with Gasteiger partial charge in [-0.15, -0.1) is 0 Å². The van der Waals surface area contributed by atoms with E-state index in [0.717, 1.165) is 36.8 Å². The van der Waals surface area contributed by atoms with Crippen molar-refractivity contribution < 1.29 is 0 Å². The Bertz CT molecular complexity index is 417. The van der Waals surface area contributed by atoms with Crippen LogP contribution in [-0.2, 0) is 6.42 Å². The molecule has 0 saturated carbocycles. The van der Waals surface area contributed by atoms with E-state index in [2.05, 4.69) is 36.0 Å². The summed E-state index contributed by atoms with van der Waals surface area (Å²) in [5.74, 6) is 3.06. The highest BCUT2D eigenvalue weighted by molar-refractivity contribution is 5.59. The maximum absolute atomic E-state index is 4.78. The standard InChI is InChI=1S/C14H24N4/c1-5-7-12-16-13(15-4)11(3)14(17-12)18-9-6-8-10(18)2/h10H,5-9H2,1-4H3,(H,15,16,17). The molecule has 100 valence electrons. The Morgan fingerprint density at radius 3 is 2.72 bits per heavy atom. The second-order valence-corrected chi connectivity index (χ2v) is 5.12. The van der Waals surface area contributed by atoms with E-state index in [9.17, 15) is 0 Å². The number of rotatable bonds is 4. The molecule has 0 bridgehead atoms. The minimum absolute atomic E-state index is 0.595. The normalized spacial score (nSPS) is 19.3. The summed E-state index contributed by atoms with van der Waals surface area (Å²) in [7, 11) is 1.93. The number of nitrogens with one attached hydrogen (secondary N) is 1. The van der Waals surface area contributed by atoms with Crippen molar-refractivity contribution in [3.8, 4) is 0 Å². The molecule has 1 aromatic rings. The number of anilines is 2. The molecule has 18 heavy (non-hydrogen) atoms. The molecule has 2 heterocycles. The third-order valence-electron chi connectivity index (χ3n) is 3.70. The van der Waals surface area contributed by atoms with Crippen LogP contribution in [0.25, 0.3) is 0 Å². The fourth-order valence-corrected chi connectivity index (χ4v) is 2.66. The van der Waals surface area contributed by atoms with Crippen molar-refractivity contribution in [2.45, 2.75) is 52.5 Å². The Labute approximate surface area is 110 Å². The highest BCUT2D eigenvalue weighted by Gasteiger charge is 2.24. The Balaban J connectivity index is 2.40. The summed E-state index contributed by atoms with van der Waals surface area (Å²) in [5, 5.41) is 3.19. The lowest BCUT2D eigenvalue weighted by molar-refractivity contribution is 0.716. The Morgan fingerprint density at radius 1 is 1.39 bits per heavy atom. The lowest BCUT2D eigenvalue weighted by Crippen LogP contribution is -2.29. The van der Waals surface area contributed by atoms with Crippen molar-refractivity contribution in [2.75, 3.05) is 23.8 Å². The number of aromatic nitrogens is 2. The number of nitrogens with zero attached hydrogens (tertiary/aromatic N) is 3. The molecule has 1 aromatic heterocycles. The highest BCUT2D eigenvalue weighted by Crippen LogP contribution is 2.29. The summed E-state index contributed by atoms with van der Waals surface area (Å²) in [6.45, 7) is 7.68. The molecule has 0 aromatic carbocycles. The Hall–Kier alpha value is -1.32. The van der Waals surface area contributed by atoms with Gasteiger partial charge >= 0.3 is 0 Å². The molecule has 1 unspecified atom stereocenters. The SMILES string of the molecule is CCCc1nc(NC)c(C)c(N2CCCC2C)n1. The summed E-state index contributed by atoms with van der Waals surface area (Å²) in [5.41, 5.74) is 1.17. The molecule has 0 aliphatic carbocycles. The van der Waals surface area contributed by atoms with Crippen LogP contribution < -0.4 is 10.2 Å². The van der Waals surface area contributed by atoms with Gasteiger partial charge in [0, 0.05) is 31.6 Å². The molecule has 0 radical (unpaired) electrons. The zero-order valence-electron chi connectivity index (χ0n) is 12.0. The van der Waals surface area contributed by atoms with E-state index in [-0.39, 0.29) is 0 Å². The molecule has 4 heteroatoms. The number of hydrogen-bond acceptors (Lipinski definition) is 4. The minimum Gasteiger partial charge on any atom is -0.373 e. The number of aryl methyl sites for hydroxylation is 1. The first-order chi connectivity index (χ1) is 8.67. The highest BCUT2D eigenvalue weighted by atomic mass is 15.2. The van der Waals surface area contributed by atoms with E-state index in [4.69, 9.17) is 4.98 Å². The largest absolute Gasteiger partial charge is 0.373 e. The second kappa shape index (κ2) is 5.55. The van der Waals surface area contributed by atoms with Crippen molar-refractivity contribution >= 4 is 11.6 Å².